The Morgan fingerprint density at radius 3 is 2.85 bits per heavy atom. The first-order chi connectivity index (χ1) is 9.76. The Morgan fingerprint density at radius 1 is 1.30 bits per heavy atom. The fourth-order valence-corrected chi connectivity index (χ4v) is 2.77. The molecule has 0 radical (unpaired) electrons. The van der Waals surface area contributed by atoms with E-state index in [-0.39, 0.29) is 6.04 Å². The molecule has 1 unspecified atom stereocenters. The minimum absolute atomic E-state index is 0.179. The van der Waals surface area contributed by atoms with E-state index in [9.17, 15) is 0 Å². The summed E-state index contributed by atoms with van der Waals surface area (Å²) < 4.78 is 3.22. The second-order valence-electron chi connectivity index (χ2n) is 4.71. The number of hydrogen-bond donors (Lipinski definition) is 1. The van der Waals surface area contributed by atoms with Crippen LogP contribution in [0.4, 0.5) is 0 Å². The van der Waals surface area contributed by atoms with Crippen molar-refractivity contribution in [1.82, 2.24) is 19.9 Å². The molecule has 0 spiro atoms. The maximum Gasteiger partial charge on any atom is 0.110 e. The van der Waals surface area contributed by atoms with Gasteiger partial charge in [-0.3, -0.25) is 4.98 Å². The Bertz CT molecular complexity index is 538. The highest BCUT2D eigenvalue weighted by Gasteiger charge is 2.18. The van der Waals surface area contributed by atoms with Crippen LogP contribution >= 0.6 is 15.9 Å². The number of nitrogens with zero attached hydrogens (tertiary/aromatic N) is 3. The smallest absolute Gasteiger partial charge is 0.110 e. The van der Waals surface area contributed by atoms with Crippen molar-refractivity contribution in [3.63, 3.8) is 0 Å². The zero-order chi connectivity index (χ0) is 14.4. The number of aromatic nitrogens is 3. The van der Waals surface area contributed by atoms with Crippen molar-refractivity contribution >= 4 is 15.9 Å². The van der Waals surface area contributed by atoms with Gasteiger partial charge in [0.25, 0.3) is 0 Å². The van der Waals surface area contributed by atoms with Crippen LogP contribution in [0.3, 0.4) is 0 Å². The van der Waals surface area contributed by atoms with Crippen LogP contribution in [0.25, 0.3) is 0 Å². The number of rotatable bonds is 7. The molecule has 0 amide bonds. The van der Waals surface area contributed by atoms with Gasteiger partial charge in [-0.05, 0) is 48.0 Å². The lowest BCUT2D eigenvalue weighted by Crippen LogP contribution is -2.26. The molecular weight excluding hydrogens is 316 g/mol. The fraction of sp³-hybridized carbons (Fsp3) is 0.467. The lowest BCUT2D eigenvalue weighted by atomic mass is 10.1. The molecule has 2 rings (SSSR count). The summed E-state index contributed by atoms with van der Waals surface area (Å²) in [6.45, 7) is 6.22. The van der Waals surface area contributed by atoms with Crippen LogP contribution < -0.4 is 5.32 Å². The van der Waals surface area contributed by atoms with Crippen LogP contribution in [-0.4, -0.2) is 21.1 Å². The summed E-state index contributed by atoms with van der Waals surface area (Å²) in [7, 11) is 0. The summed E-state index contributed by atoms with van der Waals surface area (Å²) in [5.41, 5.74) is 1.05. The number of hydrogen-bond acceptors (Lipinski definition) is 3. The summed E-state index contributed by atoms with van der Waals surface area (Å²) in [5, 5.41) is 3.57. The molecule has 108 valence electrons. The molecule has 1 atom stereocenters. The molecule has 20 heavy (non-hydrogen) atoms. The van der Waals surface area contributed by atoms with Gasteiger partial charge < -0.3 is 9.88 Å². The first-order valence-corrected chi connectivity index (χ1v) is 7.89. The first kappa shape index (κ1) is 15.2. The largest absolute Gasteiger partial charge is 0.335 e. The van der Waals surface area contributed by atoms with Crippen LogP contribution in [0.15, 0.2) is 35.2 Å². The zero-order valence-corrected chi connectivity index (χ0v) is 13.6. The highest BCUT2D eigenvalue weighted by molar-refractivity contribution is 9.10. The first-order valence-electron chi connectivity index (χ1n) is 7.10. The third-order valence-electron chi connectivity index (χ3n) is 3.29. The molecule has 4 nitrogen and oxygen atoms in total. The molecular formula is C15H21BrN4. The summed E-state index contributed by atoms with van der Waals surface area (Å²) in [6, 6.07) is 4.16. The Balaban J connectivity index is 2.22. The molecule has 2 heterocycles. The molecule has 0 fully saturated rings. The van der Waals surface area contributed by atoms with E-state index in [0.717, 1.165) is 41.9 Å². The lowest BCUT2D eigenvalue weighted by Gasteiger charge is -2.19. The maximum atomic E-state index is 4.52. The molecule has 1 N–H and O–H groups in total. The molecule has 2 aromatic heterocycles. The summed E-state index contributed by atoms with van der Waals surface area (Å²) in [6.07, 6.45) is 7.68. The summed E-state index contributed by atoms with van der Waals surface area (Å²) >= 11 is 3.60. The van der Waals surface area contributed by atoms with Crippen LogP contribution in [0.5, 0.6) is 0 Å². The molecule has 5 heteroatoms. The zero-order valence-electron chi connectivity index (χ0n) is 12.0. The van der Waals surface area contributed by atoms with Gasteiger partial charge >= 0.3 is 0 Å². The van der Waals surface area contributed by atoms with Crippen molar-refractivity contribution in [2.45, 2.75) is 39.3 Å². The lowest BCUT2D eigenvalue weighted by molar-refractivity contribution is 0.495. The third-order valence-corrected chi connectivity index (χ3v) is 3.96. The van der Waals surface area contributed by atoms with Crippen LogP contribution in [-0.2, 0) is 13.0 Å². The van der Waals surface area contributed by atoms with Crippen LogP contribution in [0, 0.1) is 0 Å². The van der Waals surface area contributed by atoms with Gasteiger partial charge in [-0.2, -0.15) is 0 Å². The minimum Gasteiger partial charge on any atom is -0.335 e. The average molecular weight is 337 g/mol. The summed E-state index contributed by atoms with van der Waals surface area (Å²) in [4.78, 5) is 8.99. The second kappa shape index (κ2) is 7.55. The van der Waals surface area contributed by atoms with Crippen LogP contribution in [0.1, 0.15) is 37.8 Å². The molecule has 0 aliphatic carbocycles. The van der Waals surface area contributed by atoms with E-state index >= 15 is 0 Å². The predicted octanol–water partition coefficient (Wildman–Crippen LogP) is 3.34. The van der Waals surface area contributed by atoms with E-state index in [1.54, 1.807) is 0 Å². The number of halogens is 1. The predicted molar refractivity (Wildman–Crippen MR) is 84.6 cm³/mol. The van der Waals surface area contributed by atoms with Crippen LogP contribution in [0.2, 0.25) is 0 Å². The van der Waals surface area contributed by atoms with Gasteiger partial charge in [0, 0.05) is 36.0 Å². The van der Waals surface area contributed by atoms with Gasteiger partial charge in [-0.1, -0.05) is 6.92 Å². The van der Waals surface area contributed by atoms with E-state index in [4.69, 9.17) is 0 Å². The van der Waals surface area contributed by atoms with E-state index in [1.165, 1.54) is 0 Å². The number of aryl methyl sites for hydroxylation is 1. The Kier molecular flexibility index (Phi) is 5.73. The monoisotopic (exact) mass is 336 g/mol. The maximum absolute atomic E-state index is 4.52. The molecule has 2 aromatic rings. The SMILES string of the molecule is CCCNC(Cc1nccn1CC)c1ncccc1Br. The van der Waals surface area contributed by atoms with Gasteiger partial charge in [0.2, 0.25) is 0 Å². The van der Waals surface area contributed by atoms with Crippen molar-refractivity contribution < 1.29 is 0 Å². The average Bonchev–Trinajstić information content (AvgIpc) is 2.91. The van der Waals surface area contributed by atoms with E-state index in [2.05, 4.69) is 49.6 Å². The molecule has 0 saturated carbocycles. The van der Waals surface area contributed by atoms with Gasteiger partial charge in [-0.25, -0.2) is 4.98 Å². The van der Waals surface area contributed by atoms with Crippen molar-refractivity contribution in [2.24, 2.45) is 0 Å². The highest BCUT2D eigenvalue weighted by atomic mass is 79.9. The highest BCUT2D eigenvalue weighted by Crippen LogP contribution is 2.23. The number of pyridine rings is 1. The quantitative estimate of drug-likeness (QED) is 0.843. The number of imidazole rings is 1. The second-order valence-corrected chi connectivity index (χ2v) is 5.57. The molecule has 0 aliphatic heterocycles. The molecule has 0 aromatic carbocycles. The van der Waals surface area contributed by atoms with Gasteiger partial charge in [-0.15, -0.1) is 0 Å². The van der Waals surface area contributed by atoms with E-state index in [1.807, 2.05) is 30.7 Å². The van der Waals surface area contributed by atoms with Gasteiger partial charge in [0.05, 0.1) is 11.7 Å². The molecule has 0 bridgehead atoms. The standard InChI is InChI=1S/C15H21BrN4/c1-3-7-17-13(15-12(16)6-5-8-19-15)11-14-18-9-10-20(14)4-2/h5-6,8-10,13,17H,3-4,7,11H2,1-2H3. The Labute approximate surface area is 128 Å². The Hall–Kier alpha value is -1.20. The summed E-state index contributed by atoms with van der Waals surface area (Å²) in [5.74, 6) is 1.10. The van der Waals surface area contributed by atoms with Crippen molar-refractivity contribution in [1.29, 1.82) is 0 Å². The minimum atomic E-state index is 0.179. The fourth-order valence-electron chi connectivity index (χ4n) is 2.24. The van der Waals surface area contributed by atoms with Gasteiger partial charge in [0.1, 0.15) is 5.82 Å². The van der Waals surface area contributed by atoms with E-state index in [0.29, 0.717) is 0 Å². The molecule has 0 saturated heterocycles. The normalized spacial score (nSPS) is 12.6. The van der Waals surface area contributed by atoms with Crippen molar-refractivity contribution in [2.75, 3.05) is 6.54 Å². The third kappa shape index (κ3) is 3.67. The topological polar surface area (TPSA) is 42.7 Å². The van der Waals surface area contributed by atoms with Crippen molar-refractivity contribution in [3.05, 3.63) is 46.7 Å². The number of nitrogens with one attached hydrogen (secondary N) is 1. The van der Waals surface area contributed by atoms with E-state index < -0.39 is 0 Å². The molecule has 0 aliphatic rings. The van der Waals surface area contributed by atoms with Crippen molar-refractivity contribution in [3.8, 4) is 0 Å². The Morgan fingerprint density at radius 2 is 2.15 bits per heavy atom. The van der Waals surface area contributed by atoms with Gasteiger partial charge in [0.15, 0.2) is 0 Å².